The number of aryl methyl sites for hydroxylation is 1. The molecule has 1 aromatic heterocycles. The van der Waals surface area contributed by atoms with Gasteiger partial charge in [0, 0.05) is 11.4 Å². The molecule has 5 nitrogen and oxygen atoms in total. The van der Waals surface area contributed by atoms with E-state index in [2.05, 4.69) is 55.3 Å². The van der Waals surface area contributed by atoms with Crippen molar-refractivity contribution in [3.8, 4) is 5.75 Å². The van der Waals surface area contributed by atoms with E-state index >= 15 is 0 Å². The van der Waals surface area contributed by atoms with Crippen LogP contribution in [0.3, 0.4) is 0 Å². The van der Waals surface area contributed by atoms with E-state index in [1.807, 2.05) is 30.3 Å². The number of hydrogen-bond acceptors (Lipinski definition) is 7. The van der Waals surface area contributed by atoms with Crippen molar-refractivity contribution >= 4 is 33.9 Å². The Bertz CT molecular complexity index is 943. The number of nitrogens with zero attached hydrogens (tertiary/aromatic N) is 2. The monoisotopic (exact) mass is 429 g/mol. The van der Waals surface area contributed by atoms with Crippen LogP contribution < -0.4 is 10.1 Å². The summed E-state index contributed by atoms with van der Waals surface area (Å²) in [5.41, 5.74) is 4.62. The van der Waals surface area contributed by atoms with Crippen LogP contribution in [0.15, 0.2) is 46.8 Å². The first-order chi connectivity index (χ1) is 13.9. The van der Waals surface area contributed by atoms with E-state index in [1.54, 1.807) is 0 Å². The number of hydrogen-bond donors (Lipinski definition) is 2. The lowest BCUT2D eigenvalue weighted by atomic mass is 10.0. The minimum absolute atomic E-state index is 0.253. The number of anilines is 2. The normalized spacial score (nSPS) is 12.2. The highest BCUT2D eigenvalue weighted by molar-refractivity contribution is 8.01. The molecule has 0 aliphatic heterocycles. The second-order valence-corrected chi connectivity index (χ2v) is 9.46. The third-order valence-electron chi connectivity index (χ3n) is 4.62. The maximum atomic E-state index is 10.3. The molecule has 3 rings (SSSR count). The van der Waals surface area contributed by atoms with Gasteiger partial charge in [0.2, 0.25) is 5.13 Å². The van der Waals surface area contributed by atoms with Crippen molar-refractivity contribution in [3.63, 3.8) is 0 Å². The molecule has 1 atom stereocenters. The van der Waals surface area contributed by atoms with E-state index in [0.717, 1.165) is 26.5 Å². The molecule has 0 radical (unpaired) electrons. The minimum atomic E-state index is -0.584. The Labute approximate surface area is 180 Å². The summed E-state index contributed by atoms with van der Waals surface area (Å²) < 4.78 is 6.67. The van der Waals surface area contributed by atoms with Crippen molar-refractivity contribution in [1.29, 1.82) is 0 Å². The van der Waals surface area contributed by atoms with Crippen molar-refractivity contribution < 1.29 is 9.84 Å². The Kier molecular flexibility index (Phi) is 7.52. The van der Waals surface area contributed by atoms with Crippen molar-refractivity contribution in [2.45, 2.75) is 44.1 Å². The molecule has 7 heteroatoms. The van der Waals surface area contributed by atoms with E-state index in [4.69, 9.17) is 4.74 Å². The lowest BCUT2D eigenvalue weighted by Crippen LogP contribution is -2.20. The number of benzene rings is 2. The number of aliphatic hydroxyl groups excluding tert-OH is 1. The van der Waals surface area contributed by atoms with Crippen LogP contribution >= 0.6 is 23.1 Å². The topological polar surface area (TPSA) is 67.3 Å². The van der Waals surface area contributed by atoms with E-state index in [1.165, 1.54) is 34.2 Å². The Morgan fingerprint density at radius 1 is 1.10 bits per heavy atom. The number of ether oxygens (including phenoxy) is 1. The van der Waals surface area contributed by atoms with Gasteiger partial charge in [0.15, 0.2) is 4.34 Å². The number of aliphatic hydroxyl groups is 1. The van der Waals surface area contributed by atoms with Crippen LogP contribution in [-0.4, -0.2) is 33.8 Å². The summed E-state index contributed by atoms with van der Waals surface area (Å²) >= 11 is 2.97. The molecule has 0 amide bonds. The molecule has 0 saturated heterocycles. The molecule has 0 saturated carbocycles. The first kappa shape index (κ1) is 21.6. The van der Waals surface area contributed by atoms with Crippen molar-refractivity contribution in [3.05, 3.63) is 59.2 Å². The molecule has 2 aromatic carbocycles. The van der Waals surface area contributed by atoms with Crippen LogP contribution in [-0.2, 0) is 0 Å². The Hall–Kier alpha value is -2.09. The molecule has 1 heterocycles. The predicted molar refractivity (Wildman–Crippen MR) is 122 cm³/mol. The zero-order valence-corrected chi connectivity index (χ0v) is 18.8. The average molecular weight is 430 g/mol. The van der Waals surface area contributed by atoms with Crippen LogP contribution in [0.4, 0.5) is 10.8 Å². The number of rotatable bonds is 9. The van der Waals surface area contributed by atoms with Gasteiger partial charge < -0.3 is 15.2 Å². The Morgan fingerprint density at radius 2 is 1.90 bits per heavy atom. The molecule has 0 bridgehead atoms. The molecule has 0 spiro atoms. The fraction of sp³-hybridized carbons (Fsp3) is 0.364. The van der Waals surface area contributed by atoms with Gasteiger partial charge in [0.25, 0.3) is 0 Å². The first-order valence-electron chi connectivity index (χ1n) is 9.63. The molecule has 1 unspecified atom stereocenters. The largest absolute Gasteiger partial charge is 0.491 e. The van der Waals surface area contributed by atoms with Crippen LogP contribution in [0, 0.1) is 13.8 Å². The molecule has 3 aromatic rings. The van der Waals surface area contributed by atoms with Gasteiger partial charge in [-0.2, -0.15) is 0 Å². The predicted octanol–water partition coefficient (Wildman–Crippen LogP) is 5.55. The standard InChI is InChI=1S/C22H27N3O2S2/c1-14(2)18-9-5-6-11-20(18)27-12-17(26)13-28-22-25-24-21(29-22)23-19-10-7-8-15(3)16(19)4/h5-11,14,17,26H,12-13H2,1-4H3,(H,23,24). The van der Waals surface area contributed by atoms with E-state index < -0.39 is 6.10 Å². The molecule has 0 fully saturated rings. The van der Waals surface area contributed by atoms with Gasteiger partial charge in [-0.1, -0.05) is 67.3 Å². The minimum Gasteiger partial charge on any atom is -0.491 e. The molecule has 154 valence electrons. The highest BCUT2D eigenvalue weighted by Crippen LogP contribution is 2.30. The van der Waals surface area contributed by atoms with Gasteiger partial charge in [0.1, 0.15) is 12.4 Å². The van der Waals surface area contributed by atoms with Gasteiger partial charge in [-0.05, 0) is 48.6 Å². The summed E-state index contributed by atoms with van der Waals surface area (Å²) in [4.78, 5) is 0. The number of nitrogens with one attached hydrogen (secondary N) is 1. The van der Waals surface area contributed by atoms with Gasteiger partial charge >= 0.3 is 0 Å². The van der Waals surface area contributed by atoms with Crippen LogP contribution in [0.25, 0.3) is 0 Å². The Balaban J connectivity index is 1.50. The second kappa shape index (κ2) is 10.1. The first-order valence-corrected chi connectivity index (χ1v) is 11.4. The van der Waals surface area contributed by atoms with E-state index in [-0.39, 0.29) is 6.61 Å². The summed E-state index contributed by atoms with van der Waals surface area (Å²) in [6.07, 6.45) is -0.584. The quantitative estimate of drug-likeness (QED) is 0.435. The number of para-hydroxylation sites is 1. The molecule has 29 heavy (non-hydrogen) atoms. The van der Waals surface area contributed by atoms with E-state index in [9.17, 15) is 5.11 Å². The zero-order chi connectivity index (χ0) is 20.8. The molecule has 2 N–H and O–H groups in total. The highest BCUT2D eigenvalue weighted by Gasteiger charge is 2.13. The van der Waals surface area contributed by atoms with Crippen molar-refractivity contribution in [1.82, 2.24) is 10.2 Å². The maximum Gasteiger partial charge on any atom is 0.210 e. The third kappa shape index (κ3) is 5.95. The number of aromatic nitrogens is 2. The number of thioether (sulfide) groups is 1. The molecular weight excluding hydrogens is 402 g/mol. The molecule has 0 aliphatic rings. The maximum absolute atomic E-state index is 10.3. The average Bonchev–Trinajstić information content (AvgIpc) is 3.16. The lowest BCUT2D eigenvalue weighted by Gasteiger charge is -2.16. The summed E-state index contributed by atoms with van der Waals surface area (Å²) in [7, 11) is 0. The van der Waals surface area contributed by atoms with Gasteiger partial charge in [-0.15, -0.1) is 10.2 Å². The summed E-state index contributed by atoms with van der Waals surface area (Å²) in [5.74, 6) is 1.71. The van der Waals surface area contributed by atoms with Crippen LogP contribution in [0.1, 0.15) is 36.5 Å². The highest BCUT2D eigenvalue weighted by atomic mass is 32.2. The van der Waals surface area contributed by atoms with Gasteiger partial charge in [-0.3, -0.25) is 0 Å². The fourth-order valence-electron chi connectivity index (χ4n) is 2.81. The van der Waals surface area contributed by atoms with Gasteiger partial charge in [-0.25, -0.2) is 0 Å². The van der Waals surface area contributed by atoms with Gasteiger partial charge in [0.05, 0.1) is 6.10 Å². The molecule has 0 aliphatic carbocycles. The Morgan fingerprint density at radius 3 is 2.69 bits per heavy atom. The zero-order valence-electron chi connectivity index (χ0n) is 17.2. The van der Waals surface area contributed by atoms with Crippen LogP contribution in [0.5, 0.6) is 5.75 Å². The second-order valence-electron chi connectivity index (χ2n) is 7.21. The third-order valence-corrected chi connectivity index (χ3v) is 6.74. The fourth-order valence-corrected chi connectivity index (χ4v) is 4.51. The van der Waals surface area contributed by atoms with Crippen molar-refractivity contribution in [2.75, 3.05) is 17.7 Å². The van der Waals surface area contributed by atoms with Crippen LogP contribution in [0.2, 0.25) is 0 Å². The summed E-state index contributed by atoms with van der Waals surface area (Å²) in [5, 5.41) is 22.8. The molecular formula is C22H27N3O2S2. The summed E-state index contributed by atoms with van der Waals surface area (Å²) in [6.45, 7) is 8.69. The van der Waals surface area contributed by atoms with E-state index in [0.29, 0.717) is 11.7 Å². The lowest BCUT2D eigenvalue weighted by molar-refractivity contribution is 0.125. The SMILES string of the molecule is Cc1cccc(Nc2nnc(SCC(O)COc3ccccc3C(C)C)s2)c1C. The smallest absolute Gasteiger partial charge is 0.210 e. The summed E-state index contributed by atoms with van der Waals surface area (Å²) in [6, 6.07) is 14.1. The van der Waals surface area contributed by atoms with Crippen molar-refractivity contribution in [2.24, 2.45) is 0 Å².